The van der Waals surface area contributed by atoms with E-state index < -0.39 is 0 Å². The molecule has 4 rings (SSSR count). The molecule has 2 aromatic heterocycles. The van der Waals surface area contributed by atoms with Gasteiger partial charge in [-0.1, -0.05) is 30.3 Å². The van der Waals surface area contributed by atoms with Gasteiger partial charge in [0.1, 0.15) is 11.6 Å². The maximum Gasteiger partial charge on any atom is 0.254 e. The molecule has 2 aromatic carbocycles. The molecule has 0 atom stereocenters. The Bertz CT molecular complexity index is 1380. The summed E-state index contributed by atoms with van der Waals surface area (Å²) >= 11 is 0. The van der Waals surface area contributed by atoms with Crippen molar-refractivity contribution in [1.82, 2.24) is 14.5 Å². The summed E-state index contributed by atoms with van der Waals surface area (Å²) in [6.07, 6.45) is 1.70. The maximum atomic E-state index is 12.3. The van der Waals surface area contributed by atoms with Crippen molar-refractivity contribution in [1.29, 1.82) is 5.26 Å². The lowest BCUT2D eigenvalue weighted by Gasteiger charge is -2.12. The molecule has 6 heteroatoms. The number of nitriles is 1. The van der Waals surface area contributed by atoms with Crippen LogP contribution >= 0.6 is 0 Å². The number of ether oxygens (including phenoxy) is 1. The fourth-order valence-electron chi connectivity index (χ4n) is 3.66. The molecule has 0 saturated heterocycles. The summed E-state index contributed by atoms with van der Waals surface area (Å²) in [6, 6.07) is 21.0. The predicted molar refractivity (Wildman–Crippen MR) is 123 cm³/mol. The fraction of sp³-hybridized carbons (Fsp3) is 0.154. The van der Waals surface area contributed by atoms with E-state index in [1.54, 1.807) is 36.1 Å². The number of hydrogen-bond acceptors (Lipinski definition) is 5. The molecular formula is C26H22N4O2. The normalized spacial score (nSPS) is 10.6. The van der Waals surface area contributed by atoms with E-state index in [0.29, 0.717) is 23.6 Å². The Kier molecular flexibility index (Phi) is 5.82. The molecule has 0 radical (unpaired) electrons. The Morgan fingerprint density at radius 2 is 1.75 bits per heavy atom. The summed E-state index contributed by atoms with van der Waals surface area (Å²) in [5.41, 5.74) is 5.63. The average molecular weight is 422 g/mol. The molecule has 0 bridgehead atoms. The first kappa shape index (κ1) is 21.0. The fourth-order valence-corrected chi connectivity index (χ4v) is 3.66. The van der Waals surface area contributed by atoms with Crippen molar-refractivity contribution < 1.29 is 4.74 Å². The maximum absolute atomic E-state index is 12.3. The van der Waals surface area contributed by atoms with Crippen molar-refractivity contribution in [2.75, 3.05) is 7.11 Å². The van der Waals surface area contributed by atoms with Gasteiger partial charge in [-0.05, 0) is 43.2 Å². The van der Waals surface area contributed by atoms with Crippen molar-refractivity contribution >= 4 is 0 Å². The van der Waals surface area contributed by atoms with E-state index in [1.165, 1.54) is 0 Å². The third-order valence-corrected chi connectivity index (χ3v) is 5.34. The highest BCUT2D eigenvalue weighted by Gasteiger charge is 2.10. The quantitative estimate of drug-likeness (QED) is 0.472. The van der Waals surface area contributed by atoms with Gasteiger partial charge in [-0.2, -0.15) is 5.26 Å². The van der Waals surface area contributed by atoms with Crippen molar-refractivity contribution in [3.63, 3.8) is 0 Å². The second-order valence-electron chi connectivity index (χ2n) is 7.52. The minimum atomic E-state index is -0.0654. The van der Waals surface area contributed by atoms with Gasteiger partial charge in [0.05, 0.1) is 31.0 Å². The predicted octanol–water partition coefficient (Wildman–Crippen LogP) is 4.52. The molecule has 0 aliphatic carbocycles. The van der Waals surface area contributed by atoms with Crippen LogP contribution in [0.5, 0.6) is 5.75 Å². The molecule has 2 heterocycles. The van der Waals surface area contributed by atoms with E-state index in [-0.39, 0.29) is 5.56 Å². The molecule has 0 N–H and O–H groups in total. The van der Waals surface area contributed by atoms with Gasteiger partial charge in [0.25, 0.3) is 5.56 Å². The summed E-state index contributed by atoms with van der Waals surface area (Å²) in [7, 11) is 1.62. The molecule has 0 fully saturated rings. The minimum absolute atomic E-state index is 0.0654. The summed E-state index contributed by atoms with van der Waals surface area (Å²) in [5.74, 6) is 1.41. The van der Waals surface area contributed by atoms with Gasteiger partial charge in [-0.25, -0.2) is 4.98 Å². The zero-order chi connectivity index (χ0) is 22.7. The number of rotatable bonds is 5. The number of aryl methyl sites for hydroxylation is 2. The van der Waals surface area contributed by atoms with Gasteiger partial charge >= 0.3 is 0 Å². The highest BCUT2D eigenvalue weighted by Crippen LogP contribution is 2.30. The molecule has 0 aliphatic rings. The zero-order valence-electron chi connectivity index (χ0n) is 18.2. The molecule has 0 unspecified atom stereocenters. The molecule has 158 valence electrons. The van der Waals surface area contributed by atoms with E-state index in [4.69, 9.17) is 4.74 Å². The Labute approximate surface area is 186 Å². The average Bonchev–Trinajstić information content (AvgIpc) is 2.81. The smallest absolute Gasteiger partial charge is 0.254 e. The summed E-state index contributed by atoms with van der Waals surface area (Å²) < 4.78 is 6.95. The third kappa shape index (κ3) is 4.28. The van der Waals surface area contributed by atoms with Crippen LogP contribution in [0.25, 0.3) is 22.4 Å². The van der Waals surface area contributed by atoms with Crippen molar-refractivity contribution in [3.05, 3.63) is 99.9 Å². The Hall–Kier alpha value is -4.24. The van der Waals surface area contributed by atoms with Crippen LogP contribution in [0, 0.1) is 25.2 Å². The lowest BCUT2D eigenvalue weighted by atomic mass is 9.96. The zero-order valence-corrected chi connectivity index (χ0v) is 18.2. The van der Waals surface area contributed by atoms with Crippen LogP contribution in [0.3, 0.4) is 0 Å². The number of benzene rings is 2. The Morgan fingerprint density at radius 1 is 1.00 bits per heavy atom. The molecule has 6 nitrogen and oxygen atoms in total. The largest absolute Gasteiger partial charge is 0.497 e. The second kappa shape index (κ2) is 8.86. The van der Waals surface area contributed by atoms with Crippen molar-refractivity contribution in [2.45, 2.75) is 20.4 Å². The SMILES string of the molecule is COc1ccnc(-c2ccc(C#N)c(-c3ccc(Cn4c(C)nc(C)cc4=O)cc3)c2)c1. The second-order valence-corrected chi connectivity index (χ2v) is 7.52. The molecule has 4 aromatic rings. The van der Waals surface area contributed by atoms with E-state index in [0.717, 1.165) is 33.7 Å². The molecule has 32 heavy (non-hydrogen) atoms. The van der Waals surface area contributed by atoms with Gasteiger partial charge in [-0.3, -0.25) is 14.3 Å². The standard InChI is InChI=1S/C26H22N4O2/c1-17-12-26(31)30(18(2)29-17)16-19-4-6-20(7-5-19)24-13-21(8-9-22(24)15-27)25-14-23(32-3)10-11-28-25/h4-14H,16H2,1-3H3. The van der Waals surface area contributed by atoms with Crippen LogP contribution in [0.15, 0.2) is 71.7 Å². The summed E-state index contributed by atoms with van der Waals surface area (Å²) in [4.78, 5) is 21.1. The van der Waals surface area contributed by atoms with Crippen LogP contribution in [-0.2, 0) is 6.54 Å². The minimum Gasteiger partial charge on any atom is -0.497 e. The highest BCUT2D eigenvalue weighted by molar-refractivity contribution is 5.77. The van der Waals surface area contributed by atoms with Crippen LogP contribution in [0.1, 0.15) is 22.6 Å². The van der Waals surface area contributed by atoms with Crippen LogP contribution in [0.4, 0.5) is 0 Å². The first-order valence-corrected chi connectivity index (χ1v) is 10.2. The number of aromatic nitrogens is 3. The summed E-state index contributed by atoms with van der Waals surface area (Å²) in [6.45, 7) is 4.09. The third-order valence-electron chi connectivity index (χ3n) is 5.34. The van der Waals surface area contributed by atoms with Gasteiger partial charge in [-0.15, -0.1) is 0 Å². The van der Waals surface area contributed by atoms with E-state index in [9.17, 15) is 10.1 Å². The Morgan fingerprint density at radius 3 is 2.44 bits per heavy atom. The number of hydrogen-bond donors (Lipinski definition) is 0. The van der Waals surface area contributed by atoms with Crippen LogP contribution in [-0.4, -0.2) is 21.6 Å². The number of pyridine rings is 1. The molecular weight excluding hydrogens is 400 g/mol. The van der Waals surface area contributed by atoms with E-state index in [2.05, 4.69) is 16.0 Å². The summed E-state index contributed by atoms with van der Waals surface area (Å²) in [5, 5.41) is 9.63. The topological polar surface area (TPSA) is 80.8 Å². The lowest BCUT2D eigenvalue weighted by Crippen LogP contribution is -2.24. The van der Waals surface area contributed by atoms with E-state index >= 15 is 0 Å². The van der Waals surface area contributed by atoms with Gasteiger partial charge < -0.3 is 4.74 Å². The first-order chi connectivity index (χ1) is 15.5. The number of methoxy groups -OCH3 is 1. The molecule has 0 spiro atoms. The monoisotopic (exact) mass is 422 g/mol. The number of nitrogens with zero attached hydrogens (tertiary/aromatic N) is 4. The van der Waals surface area contributed by atoms with Gasteiger partial charge in [0.15, 0.2) is 0 Å². The van der Waals surface area contributed by atoms with Gasteiger partial charge in [0.2, 0.25) is 0 Å². The highest BCUT2D eigenvalue weighted by atomic mass is 16.5. The van der Waals surface area contributed by atoms with Crippen LogP contribution in [0.2, 0.25) is 0 Å². The van der Waals surface area contributed by atoms with Gasteiger partial charge in [0, 0.05) is 35.2 Å². The van der Waals surface area contributed by atoms with Crippen molar-refractivity contribution in [3.8, 4) is 34.2 Å². The lowest BCUT2D eigenvalue weighted by molar-refractivity contribution is 0.414. The van der Waals surface area contributed by atoms with Crippen LogP contribution < -0.4 is 10.3 Å². The molecule has 0 aliphatic heterocycles. The molecule has 0 amide bonds. The Balaban J connectivity index is 1.68. The first-order valence-electron chi connectivity index (χ1n) is 10.2. The molecule has 0 saturated carbocycles. The van der Waals surface area contributed by atoms with Crippen molar-refractivity contribution in [2.24, 2.45) is 0 Å². The van der Waals surface area contributed by atoms with E-state index in [1.807, 2.05) is 56.3 Å².